The zero-order chi connectivity index (χ0) is 61.0. The van der Waals surface area contributed by atoms with E-state index in [0.717, 1.165) is 0 Å². The zero-order valence-corrected chi connectivity index (χ0v) is 46.2. The van der Waals surface area contributed by atoms with E-state index >= 15 is 0 Å². The lowest BCUT2D eigenvalue weighted by Crippen LogP contribution is -2.60. The number of nitrogens with two attached hydrogens (primary N) is 4. The molecule has 7 atom stereocenters. The van der Waals surface area contributed by atoms with E-state index in [0.29, 0.717) is 54.4 Å². The van der Waals surface area contributed by atoms with Crippen LogP contribution in [0.2, 0.25) is 0 Å². The number of carboxylic acids is 1. The highest BCUT2D eigenvalue weighted by atomic mass is 16.6. The number of fused-ring (bicyclic) bond motifs is 1. The first kappa shape index (κ1) is 66.0. The van der Waals surface area contributed by atoms with Gasteiger partial charge in [0.15, 0.2) is 5.96 Å². The maximum Gasteiger partial charge on any atom is 0.303 e. The highest BCUT2D eigenvalue weighted by Gasteiger charge is 2.35. The Bertz CT molecular complexity index is 2890. The van der Waals surface area contributed by atoms with Crippen molar-refractivity contribution in [2.45, 2.75) is 140 Å². The fourth-order valence-corrected chi connectivity index (χ4v) is 8.66. The number of rotatable bonds is 37. The number of nitrogens with one attached hydrogen (secondary N) is 10. The lowest BCUT2D eigenvalue weighted by Gasteiger charge is -2.28. The predicted molar refractivity (Wildman–Crippen MR) is 302 cm³/mol. The van der Waals surface area contributed by atoms with E-state index in [1.807, 2.05) is 6.92 Å². The molecule has 0 saturated carbocycles. The standard InChI is InChI=1S/C53H75N17O13/c1-3-4-11-38(63-30(2)71)48(77)66-40(19-20-45(73)74)50(79)69-43(25-33-27-58-29-62-33)52(81)67-41(23-31-15-17-34(18-16-31)70(82)83)51(80)65-39(14-9-22-59-53(56)57)49(78)68-42(24-32-26-60-36-12-6-5-10-35(32)36)47(76)61-28-44(72)64-37(46(55)75)13-7-8-21-54/h5-6,10,12,15-18,26-27,29,37-43,60H,3-4,7-9,11,13-14,19-25,28,54H2,1-2H3,(H2,55,75)(H,58,62)(H,61,76)(H,63,71)(H,64,72)(H,65,80)(H,66,77)(H,67,81)(H,68,78)(H,69,79)(H,73,74)(H4,56,57,59)/t37-,38-,39-,40-,41+,42-,43-/m0/s1. The molecular formula is C53H75N17O13. The summed E-state index contributed by atoms with van der Waals surface area (Å²) >= 11 is 0. The Morgan fingerprint density at radius 2 is 1.23 bits per heavy atom. The summed E-state index contributed by atoms with van der Waals surface area (Å²) in [7, 11) is 0. The monoisotopic (exact) mass is 1160 g/mol. The Hall–Kier alpha value is -9.48. The van der Waals surface area contributed by atoms with Gasteiger partial charge in [0.25, 0.3) is 5.69 Å². The van der Waals surface area contributed by atoms with Gasteiger partial charge in [0.2, 0.25) is 53.2 Å². The molecule has 0 saturated heterocycles. The number of non-ortho nitro benzene ring substituents is 1. The molecule has 2 aromatic carbocycles. The van der Waals surface area contributed by atoms with Crippen LogP contribution >= 0.6 is 0 Å². The average Bonchev–Trinajstić information content (AvgIpc) is 4.38. The van der Waals surface area contributed by atoms with E-state index in [4.69, 9.17) is 22.9 Å². The molecule has 0 bridgehead atoms. The maximum absolute atomic E-state index is 14.8. The smallest absolute Gasteiger partial charge is 0.303 e. The Labute approximate surface area is 477 Å². The summed E-state index contributed by atoms with van der Waals surface area (Å²) in [5.74, 6) is -9.25. The van der Waals surface area contributed by atoms with Crippen molar-refractivity contribution in [1.29, 1.82) is 0 Å². The second-order valence-electron chi connectivity index (χ2n) is 19.6. The molecule has 9 amide bonds. The van der Waals surface area contributed by atoms with Gasteiger partial charge in [-0.25, -0.2) is 4.98 Å². The molecule has 0 aliphatic heterocycles. The van der Waals surface area contributed by atoms with Crippen molar-refractivity contribution in [3.63, 3.8) is 0 Å². The third-order valence-corrected chi connectivity index (χ3v) is 13.0. The fourth-order valence-electron chi connectivity index (χ4n) is 8.66. The molecule has 450 valence electrons. The van der Waals surface area contributed by atoms with Gasteiger partial charge < -0.3 is 80.5 Å². The number of unbranched alkanes of at least 4 members (excludes halogenated alkanes) is 2. The summed E-state index contributed by atoms with van der Waals surface area (Å²) in [5, 5.41) is 42.4. The Morgan fingerprint density at radius 1 is 0.663 bits per heavy atom. The summed E-state index contributed by atoms with van der Waals surface area (Å²) < 4.78 is 0. The van der Waals surface area contributed by atoms with Crippen LogP contribution in [0.25, 0.3) is 10.9 Å². The van der Waals surface area contributed by atoms with Crippen LogP contribution in [0.4, 0.5) is 5.69 Å². The van der Waals surface area contributed by atoms with Crippen molar-refractivity contribution in [2.24, 2.45) is 27.9 Å². The van der Waals surface area contributed by atoms with E-state index in [1.54, 1.807) is 30.5 Å². The molecule has 0 unspecified atom stereocenters. The number of carbonyl (C=O) groups is 10. The number of nitrogens with zero attached hydrogens (tertiary/aromatic N) is 3. The lowest BCUT2D eigenvalue weighted by atomic mass is 10.0. The van der Waals surface area contributed by atoms with Crippen molar-refractivity contribution in [1.82, 2.24) is 57.5 Å². The molecular weight excluding hydrogens is 1080 g/mol. The summed E-state index contributed by atoms with van der Waals surface area (Å²) in [5.41, 5.74) is 23.8. The summed E-state index contributed by atoms with van der Waals surface area (Å²) in [4.78, 5) is 160. The van der Waals surface area contributed by atoms with Crippen molar-refractivity contribution >= 4 is 81.7 Å². The van der Waals surface area contributed by atoms with E-state index in [9.17, 15) is 63.2 Å². The zero-order valence-electron chi connectivity index (χ0n) is 46.2. The number of para-hydroxylation sites is 1. The predicted octanol–water partition coefficient (Wildman–Crippen LogP) is -1.92. The SMILES string of the molecule is CCCC[C@H](NC(C)=O)C(=O)N[C@@H](CCC(=O)O)C(=O)N[C@@H](Cc1cnc[nH]1)C(=O)N[C@H](Cc1ccc([N+](=O)[O-])cc1)C(=O)N[C@@H](CCCN=C(N)N)C(=O)N[C@@H](Cc1c[nH]c2ccccc12)C(=O)NCC(=O)N[C@@H](CCCCN)C(N)=O. The van der Waals surface area contributed by atoms with E-state index < -0.39 is 126 Å². The number of nitro benzene ring substituents is 1. The molecule has 0 aliphatic rings. The molecule has 2 heterocycles. The number of amides is 9. The third-order valence-electron chi connectivity index (χ3n) is 13.0. The minimum atomic E-state index is -1.64. The van der Waals surface area contributed by atoms with Crippen LogP contribution in [-0.2, 0) is 67.2 Å². The number of aliphatic carboxylic acids is 1. The van der Waals surface area contributed by atoms with E-state index in [1.165, 1.54) is 43.7 Å². The van der Waals surface area contributed by atoms with Gasteiger partial charge in [-0.15, -0.1) is 0 Å². The molecule has 30 nitrogen and oxygen atoms in total. The number of H-pyrrole nitrogens is 2. The number of aromatic amines is 2. The van der Waals surface area contributed by atoms with Crippen molar-refractivity contribution in [2.75, 3.05) is 19.6 Å². The first-order chi connectivity index (χ1) is 39.6. The van der Waals surface area contributed by atoms with Gasteiger partial charge in [-0.05, 0) is 68.7 Å². The molecule has 2 aromatic heterocycles. The molecule has 30 heteroatoms. The number of benzene rings is 2. The fraction of sp³-hybridized carbons (Fsp3) is 0.472. The Balaban J connectivity index is 1.71. The quantitative estimate of drug-likeness (QED) is 0.00769. The molecule has 19 N–H and O–H groups in total. The molecule has 0 radical (unpaired) electrons. The summed E-state index contributed by atoms with van der Waals surface area (Å²) in [6.07, 6.45) is 4.86. The highest BCUT2D eigenvalue weighted by Crippen LogP contribution is 2.20. The first-order valence-corrected chi connectivity index (χ1v) is 27.0. The van der Waals surface area contributed by atoms with E-state index in [-0.39, 0.29) is 68.7 Å². The van der Waals surface area contributed by atoms with Crippen LogP contribution in [0, 0.1) is 10.1 Å². The van der Waals surface area contributed by atoms with Crippen LogP contribution < -0.4 is 65.5 Å². The summed E-state index contributed by atoms with van der Waals surface area (Å²) in [6.45, 7) is 2.74. The number of carbonyl (C=O) groups excluding carboxylic acids is 9. The third kappa shape index (κ3) is 22.9. The van der Waals surface area contributed by atoms with Gasteiger partial charge in [-0.3, -0.25) is 63.1 Å². The highest BCUT2D eigenvalue weighted by molar-refractivity contribution is 5.98. The second kappa shape index (κ2) is 34.0. The molecule has 0 spiro atoms. The lowest BCUT2D eigenvalue weighted by molar-refractivity contribution is -0.384. The molecule has 4 rings (SSSR count). The van der Waals surface area contributed by atoms with Gasteiger partial charge >= 0.3 is 5.97 Å². The number of nitro groups is 1. The Morgan fingerprint density at radius 3 is 1.80 bits per heavy atom. The summed E-state index contributed by atoms with van der Waals surface area (Å²) in [6, 6.07) is 2.26. The van der Waals surface area contributed by atoms with Crippen molar-refractivity contribution in [3.8, 4) is 0 Å². The van der Waals surface area contributed by atoms with Crippen LogP contribution in [0.3, 0.4) is 0 Å². The molecule has 0 aliphatic carbocycles. The number of imidazole rings is 1. The molecule has 4 aromatic rings. The molecule has 83 heavy (non-hydrogen) atoms. The first-order valence-electron chi connectivity index (χ1n) is 27.0. The number of hydrogen-bond donors (Lipinski definition) is 15. The van der Waals surface area contributed by atoms with E-state index in [2.05, 4.69) is 62.5 Å². The number of guanidine groups is 1. The topological polar surface area (TPSA) is 491 Å². The van der Waals surface area contributed by atoms with Gasteiger partial charge in [0.1, 0.15) is 42.3 Å². The van der Waals surface area contributed by atoms with Gasteiger partial charge in [-0.2, -0.15) is 0 Å². The van der Waals surface area contributed by atoms with Crippen LogP contribution in [0.5, 0.6) is 0 Å². The van der Waals surface area contributed by atoms with Gasteiger partial charge in [0, 0.05) is 80.3 Å². The van der Waals surface area contributed by atoms with Crippen molar-refractivity contribution in [3.05, 3.63) is 94.2 Å². The molecule has 0 fully saturated rings. The number of aromatic nitrogens is 3. The number of aliphatic imine (C=N–C) groups is 1. The van der Waals surface area contributed by atoms with Crippen molar-refractivity contribution < 1.29 is 58.0 Å². The number of carboxylic acid groups (broad SMARTS) is 1. The second-order valence-corrected chi connectivity index (χ2v) is 19.6. The van der Waals surface area contributed by atoms with Gasteiger partial charge in [-0.1, -0.05) is 50.1 Å². The largest absolute Gasteiger partial charge is 0.481 e. The minimum absolute atomic E-state index is 0.0344. The Kier molecular flexibility index (Phi) is 27.0. The average molecular weight is 1160 g/mol. The normalized spacial score (nSPS) is 13.5. The number of primary amides is 1. The van der Waals surface area contributed by atoms with Crippen LogP contribution in [0.15, 0.2) is 72.2 Å². The van der Waals surface area contributed by atoms with Gasteiger partial charge in [0.05, 0.1) is 17.8 Å². The van der Waals surface area contributed by atoms with Crippen LogP contribution in [0.1, 0.15) is 94.9 Å². The van der Waals surface area contributed by atoms with Crippen LogP contribution in [-0.4, -0.2) is 152 Å². The number of hydrogen-bond acceptors (Lipinski definition) is 15. The maximum atomic E-state index is 14.8. The minimum Gasteiger partial charge on any atom is -0.481 e.